The van der Waals surface area contributed by atoms with Gasteiger partial charge in [0.1, 0.15) is 12.4 Å². The van der Waals surface area contributed by atoms with Crippen LogP contribution in [0.1, 0.15) is 39.3 Å². The molecule has 0 fully saturated rings. The molecule has 0 aromatic heterocycles. The van der Waals surface area contributed by atoms with Crippen LogP contribution in [0.15, 0.2) is 22.7 Å². The average Bonchev–Trinajstić information content (AvgIpc) is 2.44. The molecule has 0 saturated carbocycles. The van der Waals surface area contributed by atoms with Gasteiger partial charge in [-0.1, -0.05) is 42.8 Å². The van der Waals surface area contributed by atoms with E-state index in [1.54, 1.807) is 0 Å². The zero-order chi connectivity index (χ0) is 15.0. The first-order chi connectivity index (χ1) is 9.62. The summed E-state index contributed by atoms with van der Waals surface area (Å²) in [6.45, 7) is 13.4. The van der Waals surface area contributed by atoms with Crippen LogP contribution in [0.4, 0.5) is 0 Å². The van der Waals surface area contributed by atoms with Gasteiger partial charge in [0, 0.05) is 22.6 Å². The van der Waals surface area contributed by atoms with Gasteiger partial charge in [-0.15, -0.1) is 0 Å². The minimum absolute atomic E-state index is 0.302. The molecule has 3 nitrogen and oxygen atoms in total. The Kier molecular flexibility index (Phi) is 8.19. The maximum absolute atomic E-state index is 6.01. The van der Waals surface area contributed by atoms with E-state index >= 15 is 0 Å². The Hall–Kier alpha value is -0.580. The van der Waals surface area contributed by atoms with Crippen LogP contribution in [0.5, 0.6) is 5.75 Å². The summed E-state index contributed by atoms with van der Waals surface area (Å²) in [5.74, 6) is 0.972. The van der Waals surface area contributed by atoms with Crippen molar-refractivity contribution in [3.05, 3.63) is 28.2 Å². The standard InChI is InChI=1S/C16H27BrN2O/c1-5-18-13(4)15-9-8-14(17)12-16(15)20-11-10-19(6-2)7-3/h8-9,12-13,18H,5-7,10-11H2,1-4H3. The largest absolute Gasteiger partial charge is 0.492 e. The molecule has 20 heavy (non-hydrogen) atoms. The van der Waals surface area contributed by atoms with Gasteiger partial charge in [-0.25, -0.2) is 0 Å². The predicted molar refractivity (Wildman–Crippen MR) is 89.5 cm³/mol. The predicted octanol–water partition coefficient (Wildman–Crippen LogP) is 3.84. The zero-order valence-electron chi connectivity index (χ0n) is 13.1. The van der Waals surface area contributed by atoms with E-state index in [-0.39, 0.29) is 0 Å². The van der Waals surface area contributed by atoms with Crippen LogP contribution >= 0.6 is 15.9 Å². The van der Waals surface area contributed by atoms with Crippen molar-refractivity contribution in [1.82, 2.24) is 10.2 Å². The van der Waals surface area contributed by atoms with Gasteiger partial charge in [0.15, 0.2) is 0 Å². The van der Waals surface area contributed by atoms with Crippen LogP contribution in [0.25, 0.3) is 0 Å². The normalized spacial score (nSPS) is 12.7. The fourth-order valence-electron chi connectivity index (χ4n) is 2.23. The molecule has 0 aliphatic carbocycles. The molecule has 1 aromatic rings. The van der Waals surface area contributed by atoms with Gasteiger partial charge >= 0.3 is 0 Å². The van der Waals surface area contributed by atoms with Crippen molar-refractivity contribution >= 4 is 15.9 Å². The topological polar surface area (TPSA) is 24.5 Å². The molecule has 1 rings (SSSR count). The van der Waals surface area contributed by atoms with Gasteiger partial charge in [-0.3, -0.25) is 0 Å². The molecule has 0 aliphatic rings. The molecule has 114 valence electrons. The number of hydrogen-bond acceptors (Lipinski definition) is 3. The molecule has 1 aromatic carbocycles. The number of nitrogens with zero attached hydrogens (tertiary/aromatic N) is 1. The van der Waals surface area contributed by atoms with E-state index in [2.05, 4.69) is 72.0 Å². The molecule has 0 spiro atoms. The van der Waals surface area contributed by atoms with Crippen molar-refractivity contribution < 1.29 is 4.74 Å². The van der Waals surface area contributed by atoms with Gasteiger partial charge in [-0.05, 0) is 38.7 Å². The highest BCUT2D eigenvalue weighted by Gasteiger charge is 2.11. The van der Waals surface area contributed by atoms with Gasteiger partial charge in [0.2, 0.25) is 0 Å². The Morgan fingerprint density at radius 2 is 1.95 bits per heavy atom. The molecule has 1 N–H and O–H groups in total. The molecule has 0 heterocycles. The van der Waals surface area contributed by atoms with E-state index in [9.17, 15) is 0 Å². The van der Waals surface area contributed by atoms with Crippen molar-refractivity contribution in [2.45, 2.75) is 33.7 Å². The van der Waals surface area contributed by atoms with Crippen molar-refractivity contribution in [2.75, 3.05) is 32.8 Å². The van der Waals surface area contributed by atoms with Crippen LogP contribution in [-0.2, 0) is 0 Å². The highest BCUT2D eigenvalue weighted by molar-refractivity contribution is 9.10. The number of hydrogen-bond donors (Lipinski definition) is 1. The number of likely N-dealkylation sites (N-methyl/N-ethyl adjacent to an activating group) is 1. The van der Waals surface area contributed by atoms with Gasteiger partial charge in [0.05, 0.1) is 0 Å². The molecule has 0 amide bonds. The van der Waals surface area contributed by atoms with Gasteiger partial charge in [-0.2, -0.15) is 0 Å². The molecular weight excluding hydrogens is 316 g/mol. The lowest BCUT2D eigenvalue weighted by Crippen LogP contribution is -2.28. The lowest BCUT2D eigenvalue weighted by molar-refractivity contribution is 0.220. The molecule has 0 aliphatic heterocycles. The van der Waals surface area contributed by atoms with E-state index < -0.39 is 0 Å². The zero-order valence-corrected chi connectivity index (χ0v) is 14.7. The van der Waals surface area contributed by atoms with E-state index in [1.807, 2.05) is 0 Å². The Morgan fingerprint density at radius 3 is 2.55 bits per heavy atom. The minimum atomic E-state index is 0.302. The second kappa shape index (κ2) is 9.37. The molecular formula is C16H27BrN2O. The Balaban J connectivity index is 2.69. The van der Waals surface area contributed by atoms with E-state index in [0.29, 0.717) is 6.04 Å². The third-order valence-electron chi connectivity index (χ3n) is 3.51. The maximum Gasteiger partial charge on any atom is 0.125 e. The van der Waals surface area contributed by atoms with Crippen LogP contribution in [0.3, 0.4) is 0 Å². The second-order valence-electron chi connectivity index (χ2n) is 4.84. The monoisotopic (exact) mass is 342 g/mol. The SMILES string of the molecule is CCNC(C)c1ccc(Br)cc1OCCN(CC)CC. The number of halogens is 1. The van der Waals surface area contributed by atoms with Crippen LogP contribution in [-0.4, -0.2) is 37.7 Å². The first-order valence-electron chi connectivity index (χ1n) is 7.50. The molecule has 1 atom stereocenters. The average molecular weight is 343 g/mol. The third kappa shape index (κ3) is 5.43. The number of nitrogens with one attached hydrogen (secondary N) is 1. The summed E-state index contributed by atoms with van der Waals surface area (Å²) in [5, 5.41) is 3.44. The summed E-state index contributed by atoms with van der Waals surface area (Å²) in [6.07, 6.45) is 0. The lowest BCUT2D eigenvalue weighted by atomic mass is 10.1. The molecule has 0 bridgehead atoms. The van der Waals surface area contributed by atoms with Gasteiger partial charge in [0.25, 0.3) is 0 Å². The van der Waals surface area contributed by atoms with Crippen molar-refractivity contribution in [1.29, 1.82) is 0 Å². The summed E-state index contributed by atoms with van der Waals surface area (Å²) in [4.78, 5) is 2.37. The van der Waals surface area contributed by atoms with Crippen molar-refractivity contribution in [3.63, 3.8) is 0 Å². The molecule has 0 radical (unpaired) electrons. The number of ether oxygens (including phenoxy) is 1. The van der Waals surface area contributed by atoms with Crippen LogP contribution in [0.2, 0.25) is 0 Å². The highest BCUT2D eigenvalue weighted by Crippen LogP contribution is 2.28. The number of rotatable bonds is 9. The van der Waals surface area contributed by atoms with Crippen LogP contribution in [0, 0.1) is 0 Å². The first kappa shape index (κ1) is 17.5. The Labute approximate surface area is 131 Å². The summed E-state index contributed by atoms with van der Waals surface area (Å²) in [5.41, 5.74) is 1.22. The fraction of sp³-hybridized carbons (Fsp3) is 0.625. The molecule has 1 unspecified atom stereocenters. The lowest BCUT2D eigenvalue weighted by Gasteiger charge is -2.21. The summed E-state index contributed by atoms with van der Waals surface area (Å²) < 4.78 is 7.07. The molecule has 0 saturated heterocycles. The van der Waals surface area contributed by atoms with Crippen LogP contribution < -0.4 is 10.1 Å². The second-order valence-corrected chi connectivity index (χ2v) is 5.75. The Morgan fingerprint density at radius 1 is 1.25 bits per heavy atom. The smallest absolute Gasteiger partial charge is 0.125 e. The van der Waals surface area contributed by atoms with Crippen molar-refractivity contribution in [3.8, 4) is 5.75 Å². The highest BCUT2D eigenvalue weighted by atomic mass is 79.9. The maximum atomic E-state index is 6.01. The first-order valence-corrected chi connectivity index (χ1v) is 8.29. The summed E-state index contributed by atoms with van der Waals surface area (Å²) >= 11 is 3.52. The fourth-order valence-corrected chi connectivity index (χ4v) is 2.57. The Bertz CT molecular complexity index is 394. The molecule has 4 heteroatoms. The van der Waals surface area contributed by atoms with E-state index in [0.717, 1.165) is 43.0 Å². The quantitative estimate of drug-likeness (QED) is 0.737. The summed E-state index contributed by atoms with van der Waals surface area (Å²) in [6, 6.07) is 6.56. The van der Waals surface area contributed by atoms with E-state index in [4.69, 9.17) is 4.74 Å². The van der Waals surface area contributed by atoms with E-state index in [1.165, 1.54) is 5.56 Å². The minimum Gasteiger partial charge on any atom is -0.492 e. The van der Waals surface area contributed by atoms with Gasteiger partial charge < -0.3 is 15.0 Å². The summed E-state index contributed by atoms with van der Waals surface area (Å²) in [7, 11) is 0. The van der Waals surface area contributed by atoms with Crippen molar-refractivity contribution in [2.24, 2.45) is 0 Å². The number of benzene rings is 1. The third-order valence-corrected chi connectivity index (χ3v) is 4.01.